The Kier molecular flexibility index (Phi) is 7.33. The molecule has 0 bridgehead atoms. The summed E-state index contributed by atoms with van der Waals surface area (Å²) in [4.78, 5) is 1.58. The van der Waals surface area contributed by atoms with Gasteiger partial charge in [-0.1, -0.05) is 55.3 Å². The van der Waals surface area contributed by atoms with Gasteiger partial charge in [-0.25, -0.2) is 0 Å². The van der Waals surface area contributed by atoms with Crippen molar-refractivity contribution < 1.29 is 20.1 Å². The zero-order chi connectivity index (χ0) is 32.3. The molecule has 5 nitrogen and oxygen atoms in total. The molecule has 0 radical (unpaired) electrons. The average molecular weight is 565 g/mol. The van der Waals surface area contributed by atoms with Crippen LogP contribution in [0.5, 0.6) is 17.2 Å². The van der Waals surface area contributed by atoms with Gasteiger partial charge in [0.25, 0.3) is 0 Å². The monoisotopic (exact) mass is 564 g/mol. The Hall–Kier alpha value is -4.22. The summed E-state index contributed by atoms with van der Waals surface area (Å²) in [5.74, 6) is 1.26. The van der Waals surface area contributed by atoms with Crippen LogP contribution in [-0.4, -0.2) is 40.7 Å². The molecule has 1 aliphatic heterocycles. The summed E-state index contributed by atoms with van der Waals surface area (Å²) < 4.78 is 48.4. The van der Waals surface area contributed by atoms with Crippen molar-refractivity contribution in [3.63, 3.8) is 0 Å². The van der Waals surface area contributed by atoms with Crippen molar-refractivity contribution in [1.29, 1.82) is 0 Å². The largest absolute Gasteiger partial charge is 0.508 e. The number of aryl methyl sites for hydroxylation is 1. The van der Waals surface area contributed by atoms with Gasteiger partial charge in [0.15, 0.2) is 0 Å². The second-order valence-electron chi connectivity index (χ2n) is 10.9. The van der Waals surface area contributed by atoms with Crippen LogP contribution in [-0.2, 0) is 13.2 Å². The Bertz CT molecular complexity index is 1760. The molecule has 0 amide bonds. The molecule has 1 aromatic heterocycles. The molecule has 42 heavy (non-hydrogen) atoms. The van der Waals surface area contributed by atoms with Crippen molar-refractivity contribution in [3.8, 4) is 28.5 Å². The quantitative estimate of drug-likeness (QED) is 0.186. The molecule has 0 spiro atoms. The minimum Gasteiger partial charge on any atom is -0.508 e. The lowest BCUT2D eigenvalue weighted by Gasteiger charge is -2.19. The molecule has 1 fully saturated rings. The van der Waals surface area contributed by atoms with Gasteiger partial charge in [0, 0.05) is 26.7 Å². The van der Waals surface area contributed by atoms with Gasteiger partial charge in [-0.3, -0.25) is 4.90 Å². The van der Waals surface area contributed by atoms with Crippen LogP contribution in [0, 0.1) is 6.92 Å². The minimum absolute atomic E-state index is 0.205. The maximum Gasteiger partial charge on any atom is 0.120 e. The predicted octanol–water partition coefficient (Wildman–Crippen LogP) is 8.20. The molecule has 216 valence electrons. The van der Waals surface area contributed by atoms with E-state index in [2.05, 4.69) is 23.6 Å². The third-order valence-corrected chi connectivity index (χ3v) is 7.92. The van der Waals surface area contributed by atoms with Gasteiger partial charge >= 0.3 is 0 Å². The van der Waals surface area contributed by atoms with Gasteiger partial charge in [-0.15, -0.1) is 0 Å². The number of benzene rings is 4. The van der Waals surface area contributed by atoms with E-state index in [0.29, 0.717) is 26.2 Å². The Morgan fingerprint density at radius 1 is 0.762 bits per heavy atom. The number of ether oxygens (including phenoxy) is 2. The van der Waals surface area contributed by atoms with Crippen LogP contribution in [0.3, 0.4) is 0 Å². The van der Waals surface area contributed by atoms with E-state index in [1.807, 2.05) is 60.7 Å². The van der Waals surface area contributed by atoms with Crippen LogP contribution < -0.4 is 9.47 Å². The van der Waals surface area contributed by atoms with E-state index in [0.717, 1.165) is 70.3 Å². The van der Waals surface area contributed by atoms with Crippen LogP contribution in [0.25, 0.3) is 22.2 Å². The highest BCUT2D eigenvalue weighted by Gasteiger charge is 2.17. The van der Waals surface area contributed by atoms with Crippen molar-refractivity contribution in [2.45, 2.75) is 45.8 Å². The molecule has 0 atom stereocenters. The number of phenols is 1. The summed E-state index contributed by atoms with van der Waals surface area (Å²) in [5, 5.41) is 11.0. The molecule has 0 saturated carbocycles. The van der Waals surface area contributed by atoms with Gasteiger partial charge in [0.05, 0.1) is 8.44 Å². The second-order valence-corrected chi connectivity index (χ2v) is 10.9. The maximum absolute atomic E-state index is 9.96. The first-order valence-electron chi connectivity index (χ1n) is 16.7. The molecule has 5 heteroatoms. The summed E-state index contributed by atoms with van der Waals surface area (Å²) in [5.41, 5.74) is 6.20. The molecule has 6 rings (SSSR count). The van der Waals surface area contributed by atoms with E-state index in [1.165, 1.54) is 0 Å². The third-order valence-electron chi connectivity index (χ3n) is 7.92. The Morgan fingerprint density at radius 3 is 2.21 bits per heavy atom. The van der Waals surface area contributed by atoms with Crippen molar-refractivity contribution in [2.75, 3.05) is 26.1 Å². The first-order chi connectivity index (χ1) is 22.1. The smallest absolute Gasteiger partial charge is 0.120 e. The third kappa shape index (κ3) is 6.63. The van der Waals surface area contributed by atoms with Gasteiger partial charge in [0.1, 0.15) is 30.4 Å². The molecule has 4 aromatic carbocycles. The first kappa shape index (κ1) is 23.4. The molecule has 0 unspecified atom stereocenters. The summed E-state index contributed by atoms with van der Waals surface area (Å²) in [6.45, 7) is -0.653. The van der Waals surface area contributed by atoms with Crippen LogP contribution in [0.2, 0.25) is 0 Å². The summed E-state index contributed by atoms with van der Waals surface area (Å²) in [6, 6.07) is 30.6. The second kappa shape index (κ2) is 13.2. The molecule has 0 aliphatic carbocycles. The summed E-state index contributed by atoms with van der Waals surface area (Å²) in [6.07, 6.45) is 3.77. The topological polar surface area (TPSA) is 46.9 Å². The molecule has 1 saturated heterocycles. The molecular weight excluding hydrogens is 520 g/mol. The molecular formula is C37H40N2O3. The number of fused-ring (bicyclic) bond motifs is 1. The van der Waals surface area contributed by atoms with E-state index in [4.69, 9.17) is 15.0 Å². The molecule has 1 aliphatic rings. The molecule has 5 aromatic rings. The number of rotatable bonds is 10. The van der Waals surface area contributed by atoms with Crippen molar-refractivity contribution in [3.05, 3.63) is 114 Å². The highest BCUT2D eigenvalue weighted by molar-refractivity contribution is 5.92. The van der Waals surface area contributed by atoms with Crippen LogP contribution in [0.1, 0.15) is 47.9 Å². The van der Waals surface area contributed by atoms with Gasteiger partial charge in [-0.05, 0) is 110 Å². The number of aromatic hydroxyl groups is 1. The predicted molar refractivity (Wildman–Crippen MR) is 170 cm³/mol. The van der Waals surface area contributed by atoms with Crippen LogP contribution >= 0.6 is 0 Å². The molecule has 1 N–H and O–H groups in total. The van der Waals surface area contributed by atoms with Crippen LogP contribution in [0.15, 0.2) is 97.1 Å². The van der Waals surface area contributed by atoms with E-state index < -0.39 is 13.1 Å². The van der Waals surface area contributed by atoms with Crippen molar-refractivity contribution >= 4 is 10.9 Å². The number of phenolic OH excluding ortho intramolecular Hbond substituents is 1. The van der Waals surface area contributed by atoms with Crippen LogP contribution in [0.4, 0.5) is 0 Å². The number of hydrogen-bond donors (Lipinski definition) is 1. The Labute approximate surface area is 254 Å². The van der Waals surface area contributed by atoms with Gasteiger partial charge in [-0.2, -0.15) is 0 Å². The Balaban J connectivity index is 1.27. The van der Waals surface area contributed by atoms with E-state index in [1.54, 1.807) is 29.2 Å². The van der Waals surface area contributed by atoms with E-state index in [9.17, 15) is 5.11 Å². The Morgan fingerprint density at radius 2 is 1.48 bits per heavy atom. The zero-order valence-corrected chi connectivity index (χ0v) is 24.1. The normalized spacial score (nSPS) is 16.2. The van der Waals surface area contributed by atoms with E-state index in [-0.39, 0.29) is 11.5 Å². The fourth-order valence-corrected chi connectivity index (χ4v) is 5.66. The molecule has 2 heterocycles. The minimum atomic E-state index is -2.53. The maximum atomic E-state index is 9.96. The van der Waals surface area contributed by atoms with E-state index >= 15 is 0 Å². The fourth-order valence-electron chi connectivity index (χ4n) is 5.66. The zero-order valence-electron chi connectivity index (χ0n) is 28.1. The highest BCUT2D eigenvalue weighted by Crippen LogP contribution is 2.36. The number of hydrogen-bond acceptors (Lipinski definition) is 4. The first-order valence-corrected chi connectivity index (χ1v) is 14.7. The average Bonchev–Trinajstić information content (AvgIpc) is 3.21. The standard InChI is InChI=1S/C37H40N2O3/c1-28-35-25-34(42-27-30-9-5-4-6-10-30)19-20-36(35)39(37(28)31-13-15-32(40)16-14-31)26-29-11-17-33(18-12-29)41-24-23-38-21-7-2-3-8-22-38/h4-6,9-20,25,40H,2-3,7-8,21-24,26-27H2,1H3/i23D2,24D2. The van der Waals surface area contributed by atoms with Gasteiger partial charge in [0.2, 0.25) is 0 Å². The lowest BCUT2D eigenvalue weighted by atomic mass is 10.1. The lowest BCUT2D eigenvalue weighted by Crippen LogP contribution is -2.29. The lowest BCUT2D eigenvalue weighted by molar-refractivity contribution is 0.214. The fraction of sp³-hybridized carbons (Fsp3) is 0.297. The SMILES string of the molecule is [2H]C([2H])(Oc1ccc(Cn2c(-c3ccc(O)cc3)c(C)c3cc(OCc4ccccc4)ccc32)cc1)C([2H])([2H])N1CCCCCC1. The number of likely N-dealkylation sites (tertiary alicyclic amines) is 1. The van der Waals surface area contributed by atoms with Gasteiger partial charge < -0.3 is 19.1 Å². The summed E-state index contributed by atoms with van der Waals surface area (Å²) >= 11 is 0. The highest BCUT2D eigenvalue weighted by atomic mass is 16.5. The number of nitrogens with zero attached hydrogens (tertiary/aromatic N) is 2. The van der Waals surface area contributed by atoms with Crippen molar-refractivity contribution in [1.82, 2.24) is 9.47 Å². The summed E-state index contributed by atoms with van der Waals surface area (Å²) in [7, 11) is 0. The number of aromatic nitrogens is 1. The van der Waals surface area contributed by atoms with Crippen molar-refractivity contribution in [2.24, 2.45) is 0 Å².